The van der Waals surface area contributed by atoms with Crippen LogP contribution in [0, 0.1) is 0 Å². The third-order valence-electron chi connectivity index (χ3n) is 1.81. The second-order valence-corrected chi connectivity index (χ2v) is 2.50. The number of hydrogen-bond acceptors (Lipinski definition) is 2. The molecule has 1 fully saturated rings. The summed E-state index contributed by atoms with van der Waals surface area (Å²) in [5.74, 6) is 0. The first-order valence-corrected chi connectivity index (χ1v) is 3.55. The van der Waals surface area contributed by atoms with Gasteiger partial charge in [0.15, 0.2) is 0 Å². The SMILES string of the molecule is O[B]OC1CCCCC1. The van der Waals surface area contributed by atoms with Gasteiger partial charge in [0.2, 0.25) is 0 Å². The lowest BCUT2D eigenvalue weighted by molar-refractivity contribution is 0.140. The van der Waals surface area contributed by atoms with Gasteiger partial charge in [-0.05, 0) is 12.8 Å². The molecule has 0 atom stereocenters. The minimum Gasteiger partial charge on any atom is -0.429 e. The minimum absolute atomic E-state index is 0.295. The van der Waals surface area contributed by atoms with E-state index in [9.17, 15) is 0 Å². The molecule has 0 aromatic rings. The zero-order valence-electron chi connectivity index (χ0n) is 5.55. The molecule has 51 valence electrons. The van der Waals surface area contributed by atoms with E-state index in [0.29, 0.717) is 6.10 Å². The monoisotopic (exact) mass is 127 g/mol. The molecule has 1 N–H and O–H groups in total. The van der Waals surface area contributed by atoms with Crippen LogP contribution < -0.4 is 0 Å². The summed E-state index contributed by atoms with van der Waals surface area (Å²) in [4.78, 5) is 0. The highest BCUT2D eigenvalue weighted by Gasteiger charge is 2.12. The fraction of sp³-hybridized carbons (Fsp3) is 1.00. The van der Waals surface area contributed by atoms with Crippen LogP contribution in [0.4, 0.5) is 0 Å². The summed E-state index contributed by atoms with van der Waals surface area (Å²) in [6.45, 7) is 0. The van der Waals surface area contributed by atoms with Crippen LogP contribution >= 0.6 is 0 Å². The van der Waals surface area contributed by atoms with Crippen LogP contribution in [-0.4, -0.2) is 18.8 Å². The maximum atomic E-state index is 8.27. The van der Waals surface area contributed by atoms with E-state index in [4.69, 9.17) is 9.68 Å². The normalized spacial score (nSPS) is 21.9. The van der Waals surface area contributed by atoms with Gasteiger partial charge >= 0.3 is 7.69 Å². The fourth-order valence-electron chi connectivity index (χ4n) is 1.29. The van der Waals surface area contributed by atoms with Gasteiger partial charge in [-0.2, -0.15) is 0 Å². The number of hydrogen-bond donors (Lipinski definition) is 1. The third kappa shape index (κ3) is 2.37. The molecule has 0 spiro atoms. The lowest BCUT2D eigenvalue weighted by Gasteiger charge is -2.20. The van der Waals surface area contributed by atoms with Crippen molar-refractivity contribution in [2.24, 2.45) is 0 Å². The van der Waals surface area contributed by atoms with E-state index < -0.39 is 0 Å². The van der Waals surface area contributed by atoms with Gasteiger partial charge < -0.3 is 9.68 Å². The summed E-state index contributed by atoms with van der Waals surface area (Å²) in [6, 6.07) is 0. The van der Waals surface area contributed by atoms with Gasteiger partial charge in [0.1, 0.15) is 0 Å². The summed E-state index contributed by atoms with van der Waals surface area (Å²) in [5.41, 5.74) is 0. The summed E-state index contributed by atoms with van der Waals surface area (Å²) in [7, 11) is 0.815. The van der Waals surface area contributed by atoms with E-state index in [1.54, 1.807) is 0 Å². The summed E-state index contributed by atoms with van der Waals surface area (Å²) < 4.78 is 4.91. The van der Waals surface area contributed by atoms with Crippen molar-refractivity contribution in [3.63, 3.8) is 0 Å². The Morgan fingerprint density at radius 3 is 2.44 bits per heavy atom. The van der Waals surface area contributed by atoms with Crippen molar-refractivity contribution in [1.29, 1.82) is 0 Å². The van der Waals surface area contributed by atoms with Crippen molar-refractivity contribution in [1.82, 2.24) is 0 Å². The first-order valence-electron chi connectivity index (χ1n) is 3.55. The van der Waals surface area contributed by atoms with Crippen LogP contribution in [0.15, 0.2) is 0 Å². The highest BCUT2D eigenvalue weighted by Crippen LogP contribution is 2.19. The van der Waals surface area contributed by atoms with Crippen LogP contribution in [0.3, 0.4) is 0 Å². The Morgan fingerprint density at radius 1 is 1.22 bits per heavy atom. The van der Waals surface area contributed by atoms with E-state index in [1.807, 2.05) is 0 Å². The molecule has 0 aliphatic heterocycles. The lowest BCUT2D eigenvalue weighted by atomic mass is 9.97. The molecular weight excluding hydrogens is 115 g/mol. The molecule has 2 nitrogen and oxygen atoms in total. The molecular formula is C6H12BO2. The average Bonchev–Trinajstić information content (AvgIpc) is 1.91. The summed E-state index contributed by atoms with van der Waals surface area (Å²) >= 11 is 0. The molecule has 1 aliphatic carbocycles. The quantitative estimate of drug-likeness (QED) is 0.557. The van der Waals surface area contributed by atoms with Gasteiger partial charge in [-0.25, -0.2) is 0 Å². The Bertz CT molecular complexity index is 68.7. The summed E-state index contributed by atoms with van der Waals surface area (Å²) in [6.07, 6.45) is 6.33. The fourth-order valence-corrected chi connectivity index (χ4v) is 1.29. The molecule has 1 saturated carbocycles. The van der Waals surface area contributed by atoms with Crippen LogP contribution in [0.1, 0.15) is 32.1 Å². The smallest absolute Gasteiger partial charge is 0.429 e. The first kappa shape index (κ1) is 7.10. The van der Waals surface area contributed by atoms with Gasteiger partial charge in [-0.3, -0.25) is 0 Å². The second-order valence-electron chi connectivity index (χ2n) is 2.50. The van der Waals surface area contributed by atoms with Crippen molar-refractivity contribution >= 4 is 7.69 Å². The van der Waals surface area contributed by atoms with Crippen molar-refractivity contribution < 1.29 is 9.68 Å². The Labute approximate surface area is 56.5 Å². The molecule has 0 heterocycles. The second kappa shape index (κ2) is 3.91. The molecule has 0 saturated heterocycles. The van der Waals surface area contributed by atoms with Crippen LogP contribution in [0.25, 0.3) is 0 Å². The van der Waals surface area contributed by atoms with E-state index in [2.05, 4.69) is 0 Å². The largest absolute Gasteiger partial charge is 0.485 e. The zero-order chi connectivity index (χ0) is 6.53. The average molecular weight is 127 g/mol. The van der Waals surface area contributed by atoms with Crippen LogP contribution in [0.2, 0.25) is 0 Å². The first-order chi connectivity index (χ1) is 4.43. The van der Waals surface area contributed by atoms with E-state index in [-0.39, 0.29) is 0 Å². The van der Waals surface area contributed by atoms with Gasteiger partial charge in [0, 0.05) is 6.10 Å². The molecule has 0 amide bonds. The molecule has 0 aromatic heterocycles. The Balaban J connectivity index is 2.08. The molecule has 1 aliphatic rings. The molecule has 3 heteroatoms. The molecule has 0 unspecified atom stereocenters. The Hall–Kier alpha value is -0.0151. The van der Waals surface area contributed by atoms with Crippen LogP contribution in [-0.2, 0) is 4.65 Å². The molecule has 9 heavy (non-hydrogen) atoms. The van der Waals surface area contributed by atoms with E-state index in [1.165, 1.54) is 19.3 Å². The highest BCUT2D eigenvalue weighted by atomic mass is 16.5. The van der Waals surface area contributed by atoms with E-state index >= 15 is 0 Å². The van der Waals surface area contributed by atoms with Crippen molar-refractivity contribution in [2.45, 2.75) is 38.2 Å². The van der Waals surface area contributed by atoms with Crippen molar-refractivity contribution in [3.8, 4) is 0 Å². The van der Waals surface area contributed by atoms with Gasteiger partial charge in [0.05, 0.1) is 0 Å². The maximum Gasteiger partial charge on any atom is 0.485 e. The van der Waals surface area contributed by atoms with E-state index in [0.717, 1.165) is 20.5 Å². The van der Waals surface area contributed by atoms with Crippen LogP contribution in [0.5, 0.6) is 0 Å². The predicted molar refractivity (Wildman–Crippen MR) is 35.9 cm³/mol. The van der Waals surface area contributed by atoms with Gasteiger partial charge in [0.25, 0.3) is 0 Å². The Kier molecular flexibility index (Phi) is 3.08. The molecule has 0 bridgehead atoms. The number of rotatable bonds is 2. The maximum absolute atomic E-state index is 8.27. The van der Waals surface area contributed by atoms with Gasteiger partial charge in [-0.1, -0.05) is 19.3 Å². The minimum atomic E-state index is 0.295. The third-order valence-corrected chi connectivity index (χ3v) is 1.81. The Morgan fingerprint density at radius 2 is 1.89 bits per heavy atom. The zero-order valence-corrected chi connectivity index (χ0v) is 5.55. The predicted octanol–water partition coefficient (Wildman–Crippen LogP) is 0.862. The standard InChI is InChI=1S/C6H12BO2/c8-7-9-6-4-2-1-3-5-6/h6,8H,1-5H2. The summed E-state index contributed by atoms with van der Waals surface area (Å²) in [5, 5.41) is 8.27. The van der Waals surface area contributed by atoms with Crippen molar-refractivity contribution in [3.05, 3.63) is 0 Å². The molecule has 1 rings (SSSR count). The van der Waals surface area contributed by atoms with Crippen molar-refractivity contribution in [2.75, 3.05) is 0 Å². The highest BCUT2D eigenvalue weighted by molar-refractivity contribution is 6.15. The molecule has 1 radical (unpaired) electrons. The lowest BCUT2D eigenvalue weighted by Crippen LogP contribution is -2.18. The topological polar surface area (TPSA) is 29.5 Å². The van der Waals surface area contributed by atoms with Gasteiger partial charge in [-0.15, -0.1) is 0 Å². The molecule has 0 aromatic carbocycles.